The number of phenolic OH excluding ortho intramolecular Hbond substituents is 1. The lowest BCUT2D eigenvalue weighted by molar-refractivity contribution is 0.0730. The minimum atomic E-state index is -0.626. The van der Waals surface area contributed by atoms with Gasteiger partial charge in [0.2, 0.25) is 5.76 Å². The van der Waals surface area contributed by atoms with Gasteiger partial charge < -0.3 is 23.9 Å². The fraction of sp³-hybridized carbons (Fsp3) is 0.214. The Morgan fingerprint density at radius 2 is 1.69 bits per heavy atom. The molecule has 1 N–H and O–H groups in total. The molecule has 2 heterocycles. The molecule has 5 rings (SSSR count). The summed E-state index contributed by atoms with van der Waals surface area (Å²) >= 11 is 0. The molecule has 7 heteroatoms. The number of carbonyl (C=O) groups excluding carboxylic acids is 1. The minimum absolute atomic E-state index is 0.0664. The normalized spacial score (nSPS) is 14.9. The van der Waals surface area contributed by atoms with Crippen molar-refractivity contribution in [1.82, 2.24) is 4.90 Å². The Hall–Kier alpha value is -4.26. The number of rotatable bonds is 6. The van der Waals surface area contributed by atoms with E-state index in [-0.39, 0.29) is 22.8 Å². The van der Waals surface area contributed by atoms with Crippen molar-refractivity contribution in [3.8, 4) is 17.2 Å². The van der Waals surface area contributed by atoms with E-state index in [9.17, 15) is 14.7 Å². The molecule has 35 heavy (non-hydrogen) atoms. The molecule has 1 amide bonds. The molecular weight excluding hydrogens is 446 g/mol. The lowest BCUT2D eigenvalue weighted by atomic mass is 9.98. The van der Waals surface area contributed by atoms with E-state index in [2.05, 4.69) is 0 Å². The average Bonchev–Trinajstić information content (AvgIpc) is 3.15. The van der Waals surface area contributed by atoms with Crippen LogP contribution >= 0.6 is 0 Å². The molecule has 178 valence electrons. The van der Waals surface area contributed by atoms with Gasteiger partial charge in [-0.15, -0.1) is 0 Å². The van der Waals surface area contributed by atoms with Crippen molar-refractivity contribution in [2.24, 2.45) is 0 Å². The highest BCUT2D eigenvalue weighted by Gasteiger charge is 2.42. The van der Waals surface area contributed by atoms with Crippen LogP contribution in [0.25, 0.3) is 11.0 Å². The van der Waals surface area contributed by atoms with Gasteiger partial charge in [-0.1, -0.05) is 29.8 Å². The fourth-order valence-electron chi connectivity index (χ4n) is 4.65. The molecule has 0 bridgehead atoms. The third-order valence-electron chi connectivity index (χ3n) is 6.42. The molecule has 0 saturated carbocycles. The van der Waals surface area contributed by atoms with Crippen molar-refractivity contribution >= 4 is 16.9 Å². The van der Waals surface area contributed by atoms with Crippen LogP contribution in [0.5, 0.6) is 17.2 Å². The highest BCUT2D eigenvalue weighted by molar-refractivity contribution is 5.99. The number of ether oxygens (including phenoxy) is 2. The predicted octanol–water partition coefficient (Wildman–Crippen LogP) is 4.61. The molecule has 0 radical (unpaired) electrons. The molecule has 0 saturated heterocycles. The molecule has 0 aliphatic carbocycles. The van der Waals surface area contributed by atoms with Crippen LogP contribution in [0.4, 0.5) is 0 Å². The van der Waals surface area contributed by atoms with Crippen LogP contribution in [-0.2, 0) is 6.42 Å². The summed E-state index contributed by atoms with van der Waals surface area (Å²) in [4.78, 5) is 28.8. The molecule has 3 aromatic carbocycles. The molecule has 1 aliphatic heterocycles. The van der Waals surface area contributed by atoms with Gasteiger partial charge >= 0.3 is 0 Å². The second kappa shape index (κ2) is 8.83. The molecule has 1 aromatic heterocycles. The molecule has 1 atom stereocenters. The zero-order valence-corrected chi connectivity index (χ0v) is 19.7. The number of carbonyl (C=O) groups is 1. The topological polar surface area (TPSA) is 89.2 Å². The number of nitrogens with zero attached hydrogens (tertiary/aromatic N) is 1. The molecule has 0 spiro atoms. The van der Waals surface area contributed by atoms with Gasteiger partial charge in [-0.3, -0.25) is 9.59 Å². The van der Waals surface area contributed by atoms with Gasteiger partial charge in [-0.25, -0.2) is 0 Å². The number of phenols is 1. The van der Waals surface area contributed by atoms with Gasteiger partial charge in [0.25, 0.3) is 5.91 Å². The number of methoxy groups -OCH3 is 2. The van der Waals surface area contributed by atoms with Crippen LogP contribution in [0.15, 0.2) is 69.9 Å². The third-order valence-corrected chi connectivity index (χ3v) is 6.42. The summed E-state index contributed by atoms with van der Waals surface area (Å²) in [5.74, 6) is 1.07. The predicted molar refractivity (Wildman–Crippen MR) is 131 cm³/mol. The summed E-state index contributed by atoms with van der Waals surface area (Å²) in [6.07, 6.45) is 0.529. The summed E-state index contributed by atoms with van der Waals surface area (Å²) in [6.45, 7) is 2.25. The number of benzene rings is 3. The first-order valence-corrected chi connectivity index (χ1v) is 11.3. The van der Waals surface area contributed by atoms with Crippen LogP contribution in [0, 0.1) is 6.92 Å². The Kier molecular flexibility index (Phi) is 5.68. The van der Waals surface area contributed by atoms with E-state index < -0.39 is 6.04 Å². The van der Waals surface area contributed by atoms with Gasteiger partial charge in [0.05, 0.1) is 31.2 Å². The van der Waals surface area contributed by atoms with Crippen molar-refractivity contribution in [1.29, 1.82) is 0 Å². The molecule has 4 aromatic rings. The maximum Gasteiger partial charge on any atom is 0.290 e. The Morgan fingerprint density at radius 3 is 2.40 bits per heavy atom. The maximum absolute atomic E-state index is 13.6. The van der Waals surface area contributed by atoms with Crippen LogP contribution in [0.3, 0.4) is 0 Å². The maximum atomic E-state index is 13.6. The van der Waals surface area contributed by atoms with E-state index in [4.69, 9.17) is 13.9 Å². The SMILES string of the molecule is COc1ccc(CCN2C(=O)c3oc4ccc(C)cc4c(=O)c3[C@@H]2c2ccc(O)cc2)cc1OC. The van der Waals surface area contributed by atoms with Crippen molar-refractivity contribution in [2.45, 2.75) is 19.4 Å². The summed E-state index contributed by atoms with van der Waals surface area (Å²) < 4.78 is 16.7. The third kappa shape index (κ3) is 3.89. The lowest BCUT2D eigenvalue weighted by Crippen LogP contribution is -2.31. The smallest absolute Gasteiger partial charge is 0.290 e. The van der Waals surface area contributed by atoms with E-state index in [1.54, 1.807) is 55.5 Å². The van der Waals surface area contributed by atoms with E-state index in [0.717, 1.165) is 16.7 Å². The minimum Gasteiger partial charge on any atom is -0.508 e. The first-order chi connectivity index (χ1) is 16.9. The number of aryl methyl sites for hydroxylation is 1. The average molecular weight is 472 g/mol. The van der Waals surface area contributed by atoms with Gasteiger partial charge in [-0.2, -0.15) is 0 Å². The Morgan fingerprint density at radius 1 is 0.943 bits per heavy atom. The number of hydrogen-bond donors (Lipinski definition) is 1. The van der Waals surface area contributed by atoms with E-state index >= 15 is 0 Å². The van der Waals surface area contributed by atoms with Crippen LogP contribution in [-0.4, -0.2) is 36.7 Å². The molecular formula is C28H25NO6. The van der Waals surface area contributed by atoms with E-state index in [1.807, 2.05) is 31.2 Å². The van der Waals surface area contributed by atoms with Crippen LogP contribution in [0.1, 0.15) is 38.9 Å². The van der Waals surface area contributed by atoms with Crippen molar-refractivity contribution in [3.05, 3.63) is 98.9 Å². The first-order valence-electron chi connectivity index (χ1n) is 11.3. The largest absolute Gasteiger partial charge is 0.508 e. The second-order valence-electron chi connectivity index (χ2n) is 8.61. The number of amides is 1. The summed E-state index contributed by atoms with van der Waals surface area (Å²) in [6, 6.07) is 16.9. The number of fused-ring (bicyclic) bond motifs is 2. The van der Waals surface area contributed by atoms with E-state index in [1.165, 1.54) is 0 Å². The number of aromatic hydroxyl groups is 1. The standard InChI is InChI=1S/C28H25NO6/c1-16-4-10-21-20(14-16)26(31)24-25(18-6-8-19(30)9-7-18)29(28(32)27(24)35-21)13-12-17-5-11-22(33-2)23(15-17)34-3/h4-11,14-15,25,30H,12-13H2,1-3H3/t25-/m0/s1. The van der Waals surface area contributed by atoms with Crippen LogP contribution < -0.4 is 14.9 Å². The van der Waals surface area contributed by atoms with Crippen molar-refractivity contribution in [2.75, 3.05) is 20.8 Å². The first kappa shape index (κ1) is 22.5. The van der Waals surface area contributed by atoms with Gasteiger partial charge in [-0.05, 0) is 60.9 Å². The second-order valence-corrected chi connectivity index (χ2v) is 8.61. The number of hydrogen-bond acceptors (Lipinski definition) is 6. The van der Waals surface area contributed by atoms with Gasteiger partial charge in [0, 0.05) is 6.54 Å². The summed E-state index contributed by atoms with van der Waals surface area (Å²) in [5.41, 5.74) is 3.10. The van der Waals surface area contributed by atoms with Crippen molar-refractivity contribution < 1.29 is 23.8 Å². The summed E-state index contributed by atoms with van der Waals surface area (Å²) in [5, 5.41) is 10.2. The molecule has 7 nitrogen and oxygen atoms in total. The molecule has 0 unspecified atom stereocenters. The monoisotopic (exact) mass is 471 g/mol. The van der Waals surface area contributed by atoms with Gasteiger partial charge in [0.15, 0.2) is 16.9 Å². The quantitative estimate of drug-likeness (QED) is 0.442. The highest BCUT2D eigenvalue weighted by atomic mass is 16.5. The Balaban J connectivity index is 1.58. The van der Waals surface area contributed by atoms with E-state index in [0.29, 0.717) is 41.0 Å². The Bertz CT molecular complexity index is 1490. The van der Waals surface area contributed by atoms with Gasteiger partial charge in [0.1, 0.15) is 11.3 Å². The fourth-order valence-corrected chi connectivity index (χ4v) is 4.65. The Labute approximate surface area is 202 Å². The lowest BCUT2D eigenvalue weighted by Gasteiger charge is -2.25. The zero-order valence-electron chi connectivity index (χ0n) is 19.7. The molecule has 0 fully saturated rings. The zero-order chi connectivity index (χ0) is 24.7. The molecule has 1 aliphatic rings. The highest BCUT2D eigenvalue weighted by Crippen LogP contribution is 2.39. The summed E-state index contributed by atoms with van der Waals surface area (Å²) in [7, 11) is 3.15. The van der Waals surface area contributed by atoms with Crippen LogP contribution in [0.2, 0.25) is 0 Å². The van der Waals surface area contributed by atoms with Crippen molar-refractivity contribution in [3.63, 3.8) is 0 Å².